The number of rotatable bonds is 8. The number of benzene rings is 1. The van der Waals surface area contributed by atoms with Crippen molar-refractivity contribution in [1.29, 1.82) is 0 Å². The summed E-state index contributed by atoms with van der Waals surface area (Å²) in [6.07, 6.45) is 4.97. The maximum Gasteiger partial charge on any atom is 0.223 e. The average molecular weight is 335 g/mol. The van der Waals surface area contributed by atoms with Crippen molar-refractivity contribution in [3.63, 3.8) is 0 Å². The SMILES string of the molecule is CN(C)C[C@@H](CNC(=O)C(C1CC1)C1CC1)c1ccc(Cl)cc1. The van der Waals surface area contributed by atoms with E-state index in [1.165, 1.54) is 31.2 Å². The molecule has 2 aliphatic rings. The first-order valence-electron chi connectivity index (χ1n) is 8.72. The molecule has 3 rings (SSSR count). The zero-order valence-electron chi connectivity index (χ0n) is 14.1. The molecular weight excluding hydrogens is 308 g/mol. The van der Waals surface area contributed by atoms with Gasteiger partial charge in [-0.2, -0.15) is 0 Å². The van der Waals surface area contributed by atoms with E-state index in [1.54, 1.807) is 0 Å². The predicted molar refractivity (Wildman–Crippen MR) is 94.7 cm³/mol. The number of amides is 1. The van der Waals surface area contributed by atoms with E-state index >= 15 is 0 Å². The fraction of sp³-hybridized carbons (Fsp3) is 0.632. The van der Waals surface area contributed by atoms with Crippen LogP contribution in [0.25, 0.3) is 0 Å². The number of carbonyl (C=O) groups is 1. The number of likely N-dealkylation sites (N-methyl/N-ethyl adjacent to an activating group) is 1. The van der Waals surface area contributed by atoms with Crippen molar-refractivity contribution in [1.82, 2.24) is 10.2 Å². The number of nitrogens with one attached hydrogen (secondary N) is 1. The maximum absolute atomic E-state index is 12.6. The second-order valence-electron chi connectivity index (χ2n) is 7.46. The first kappa shape index (κ1) is 16.8. The van der Waals surface area contributed by atoms with Gasteiger partial charge in [-0.05, 0) is 69.3 Å². The Morgan fingerprint density at radius 1 is 1.17 bits per heavy atom. The monoisotopic (exact) mass is 334 g/mol. The van der Waals surface area contributed by atoms with E-state index in [4.69, 9.17) is 11.6 Å². The minimum atomic E-state index is 0.278. The third-order valence-electron chi connectivity index (χ3n) is 5.01. The molecule has 0 aromatic heterocycles. The van der Waals surface area contributed by atoms with Crippen molar-refractivity contribution in [2.24, 2.45) is 17.8 Å². The van der Waals surface area contributed by atoms with Crippen LogP contribution in [-0.2, 0) is 4.79 Å². The van der Waals surface area contributed by atoms with Gasteiger partial charge in [0, 0.05) is 29.9 Å². The molecule has 1 amide bonds. The number of hydrogen-bond donors (Lipinski definition) is 1. The third-order valence-corrected chi connectivity index (χ3v) is 5.26. The molecule has 1 N–H and O–H groups in total. The Hall–Kier alpha value is -1.06. The lowest BCUT2D eigenvalue weighted by Crippen LogP contribution is -2.38. The summed E-state index contributed by atoms with van der Waals surface area (Å²) >= 11 is 5.99. The summed E-state index contributed by atoms with van der Waals surface area (Å²) in [5, 5.41) is 4.00. The van der Waals surface area contributed by atoms with Crippen LogP contribution >= 0.6 is 11.6 Å². The van der Waals surface area contributed by atoms with Crippen LogP contribution in [0.1, 0.15) is 37.2 Å². The van der Waals surface area contributed by atoms with E-state index in [9.17, 15) is 4.79 Å². The normalized spacial score (nSPS) is 19.2. The van der Waals surface area contributed by atoms with E-state index < -0.39 is 0 Å². The van der Waals surface area contributed by atoms with Gasteiger partial charge in [0.1, 0.15) is 0 Å². The molecule has 2 saturated carbocycles. The van der Waals surface area contributed by atoms with Crippen LogP contribution in [-0.4, -0.2) is 38.0 Å². The Morgan fingerprint density at radius 3 is 2.22 bits per heavy atom. The highest BCUT2D eigenvalue weighted by atomic mass is 35.5. The Kier molecular flexibility index (Phi) is 5.27. The Labute approximate surface area is 144 Å². The number of halogens is 1. The molecule has 1 aromatic rings. The fourth-order valence-electron chi connectivity index (χ4n) is 3.53. The lowest BCUT2D eigenvalue weighted by Gasteiger charge is -2.24. The standard InChI is InChI=1S/C19H27ClN2O/c1-22(2)12-16(13-7-9-17(20)10-8-13)11-21-19(23)18(14-3-4-14)15-5-6-15/h7-10,14-16,18H,3-6,11-12H2,1-2H3,(H,21,23)/t16-/m1/s1. The summed E-state index contributed by atoms with van der Waals surface area (Å²) in [7, 11) is 4.14. The lowest BCUT2D eigenvalue weighted by atomic mass is 9.95. The van der Waals surface area contributed by atoms with Crippen molar-refractivity contribution in [2.75, 3.05) is 27.2 Å². The molecule has 1 aromatic carbocycles. The van der Waals surface area contributed by atoms with Crippen molar-refractivity contribution in [3.05, 3.63) is 34.9 Å². The predicted octanol–water partition coefficient (Wildman–Crippen LogP) is 3.54. The third kappa shape index (κ3) is 4.71. The van der Waals surface area contributed by atoms with Gasteiger partial charge in [0.05, 0.1) is 0 Å². The summed E-state index contributed by atoms with van der Waals surface area (Å²) in [6, 6.07) is 8.00. The largest absolute Gasteiger partial charge is 0.355 e. The molecule has 0 spiro atoms. The number of hydrogen-bond acceptors (Lipinski definition) is 2. The van der Waals surface area contributed by atoms with Gasteiger partial charge in [0.25, 0.3) is 0 Å². The van der Waals surface area contributed by atoms with Gasteiger partial charge in [0.2, 0.25) is 5.91 Å². The first-order chi connectivity index (χ1) is 11.0. The zero-order chi connectivity index (χ0) is 16.4. The van der Waals surface area contributed by atoms with Crippen molar-refractivity contribution >= 4 is 17.5 Å². The van der Waals surface area contributed by atoms with Gasteiger partial charge in [-0.15, -0.1) is 0 Å². The van der Waals surface area contributed by atoms with Crippen molar-refractivity contribution < 1.29 is 4.79 Å². The molecule has 2 fully saturated rings. The summed E-state index contributed by atoms with van der Waals surface area (Å²) in [6.45, 7) is 1.62. The number of carbonyl (C=O) groups excluding carboxylic acids is 1. The van der Waals surface area contributed by atoms with Gasteiger partial charge in [-0.3, -0.25) is 4.79 Å². The molecule has 0 bridgehead atoms. The molecule has 0 aliphatic heterocycles. The Bertz CT molecular complexity index is 523. The molecule has 3 nitrogen and oxygen atoms in total. The molecule has 2 aliphatic carbocycles. The minimum Gasteiger partial charge on any atom is -0.355 e. The van der Waals surface area contributed by atoms with Crippen LogP contribution in [0, 0.1) is 17.8 Å². The van der Waals surface area contributed by atoms with Gasteiger partial charge < -0.3 is 10.2 Å². The highest BCUT2D eigenvalue weighted by Crippen LogP contribution is 2.49. The van der Waals surface area contributed by atoms with E-state index in [-0.39, 0.29) is 11.8 Å². The fourth-order valence-corrected chi connectivity index (χ4v) is 3.65. The van der Waals surface area contributed by atoms with Crippen molar-refractivity contribution in [2.45, 2.75) is 31.6 Å². The summed E-state index contributed by atoms with van der Waals surface area (Å²) < 4.78 is 0. The molecule has 1 atom stereocenters. The van der Waals surface area contributed by atoms with Crippen LogP contribution in [0.4, 0.5) is 0 Å². The number of nitrogens with zero attached hydrogens (tertiary/aromatic N) is 1. The maximum atomic E-state index is 12.6. The molecule has 23 heavy (non-hydrogen) atoms. The minimum absolute atomic E-state index is 0.278. The van der Waals surface area contributed by atoms with Crippen molar-refractivity contribution in [3.8, 4) is 0 Å². The second kappa shape index (κ2) is 7.23. The molecule has 0 saturated heterocycles. The molecule has 0 heterocycles. The van der Waals surface area contributed by atoms with Crippen LogP contribution < -0.4 is 5.32 Å². The van der Waals surface area contributed by atoms with Crippen LogP contribution in [0.15, 0.2) is 24.3 Å². The Balaban J connectivity index is 1.61. The van der Waals surface area contributed by atoms with E-state index in [1.807, 2.05) is 12.1 Å². The van der Waals surface area contributed by atoms with E-state index in [0.29, 0.717) is 24.3 Å². The molecule has 126 valence electrons. The van der Waals surface area contributed by atoms with E-state index in [0.717, 1.165) is 11.6 Å². The summed E-state index contributed by atoms with van der Waals surface area (Å²) in [4.78, 5) is 14.8. The molecule has 0 unspecified atom stereocenters. The first-order valence-corrected chi connectivity index (χ1v) is 9.10. The van der Waals surface area contributed by atoms with Crippen LogP contribution in [0.2, 0.25) is 5.02 Å². The van der Waals surface area contributed by atoms with Gasteiger partial charge in [-0.1, -0.05) is 23.7 Å². The van der Waals surface area contributed by atoms with Crippen LogP contribution in [0.5, 0.6) is 0 Å². The van der Waals surface area contributed by atoms with E-state index in [2.05, 4.69) is 36.4 Å². The van der Waals surface area contributed by atoms with Gasteiger partial charge in [-0.25, -0.2) is 0 Å². The molecule has 0 radical (unpaired) electrons. The quantitative estimate of drug-likeness (QED) is 0.788. The topological polar surface area (TPSA) is 32.3 Å². The highest BCUT2D eigenvalue weighted by molar-refractivity contribution is 6.30. The summed E-state index contributed by atoms with van der Waals surface area (Å²) in [5.74, 6) is 2.17. The smallest absolute Gasteiger partial charge is 0.223 e. The lowest BCUT2D eigenvalue weighted by molar-refractivity contribution is -0.126. The highest BCUT2D eigenvalue weighted by Gasteiger charge is 2.45. The van der Waals surface area contributed by atoms with Crippen LogP contribution in [0.3, 0.4) is 0 Å². The second-order valence-corrected chi connectivity index (χ2v) is 7.89. The van der Waals surface area contributed by atoms with Gasteiger partial charge in [0.15, 0.2) is 0 Å². The van der Waals surface area contributed by atoms with Gasteiger partial charge >= 0.3 is 0 Å². The zero-order valence-corrected chi connectivity index (χ0v) is 14.9. The Morgan fingerprint density at radius 2 is 1.74 bits per heavy atom. The summed E-state index contributed by atoms with van der Waals surface area (Å²) in [5.41, 5.74) is 1.23. The molecule has 4 heteroatoms. The molecular formula is C19H27ClN2O. The average Bonchev–Trinajstić information content (AvgIpc) is 3.39.